The predicted octanol–water partition coefficient (Wildman–Crippen LogP) is 4.27. The van der Waals surface area contributed by atoms with Gasteiger partial charge >= 0.3 is 0 Å². The number of ether oxygens (including phenoxy) is 2. The van der Waals surface area contributed by atoms with Gasteiger partial charge in [0.25, 0.3) is 8.32 Å². The number of rotatable bonds is 6. The normalized spacial score (nSPS) is 20.0. The summed E-state index contributed by atoms with van der Waals surface area (Å²) in [4.78, 5) is 0. The van der Waals surface area contributed by atoms with Gasteiger partial charge in [0.2, 0.25) is 0 Å². The van der Waals surface area contributed by atoms with E-state index in [1.54, 1.807) is 0 Å². The molecule has 3 rings (SSSR count). The molecule has 1 atom stereocenters. The van der Waals surface area contributed by atoms with Crippen molar-refractivity contribution in [2.75, 3.05) is 13.2 Å². The summed E-state index contributed by atoms with van der Waals surface area (Å²) in [6.45, 7) is 11.9. The van der Waals surface area contributed by atoms with Crippen molar-refractivity contribution in [3.63, 3.8) is 0 Å². The zero-order valence-corrected chi connectivity index (χ0v) is 18.6. The molecule has 0 radical (unpaired) electrons. The van der Waals surface area contributed by atoms with Crippen LogP contribution in [0.3, 0.4) is 0 Å². The van der Waals surface area contributed by atoms with E-state index in [1.165, 1.54) is 10.4 Å². The first kappa shape index (κ1) is 21.0. The molecule has 4 heteroatoms. The molecule has 0 aliphatic carbocycles. The summed E-state index contributed by atoms with van der Waals surface area (Å²) in [5, 5.41) is 2.57. The summed E-state index contributed by atoms with van der Waals surface area (Å²) in [7, 11) is -2.48. The third-order valence-electron chi connectivity index (χ3n) is 5.19. The molecule has 1 aliphatic rings. The molecular formula is C24H32O3Si. The molecule has 1 aliphatic heterocycles. The second-order valence-corrected chi connectivity index (χ2v) is 13.1. The molecule has 1 heterocycles. The van der Waals surface area contributed by atoms with E-state index in [1.807, 2.05) is 13.8 Å². The van der Waals surface area contributed by atoms with E-state index in [9.17, 15) is 0 Å². The standard InChI is InChI=1S/C24H32O3Si/c1-23(2,3)28(21-14-8-6-9-15-21,22-16-10-7-11-17-22)26-18-12-13-20-19-25-24(4,5)27-20/h6-17,20H,18-19H2,1-5H3/b13-12+/t20-/m0/s1. The summed E-state index contributed by atoms with van der Waals surface area (Å²) in [5.74, 6) is -0.506. The van der Waals surface area contributed by atoms with Crippen molar-refractivity contribution >= 4 is 18.7 Å². The highest BCUT2D eigenvalue weighted by Gasteiger charge is 2.49. The van der Waals surface area contributed by atoms with Crippen LogP contribution in [0.15, 0.2) is 72.8 Å². The Labute approximate surface area is 170 Å². The molecule has 0 aromatic heterocycles. The van der Waals surface area contributed by atoms with E-state index in [0.717, 1.165) is 0 Å². The van der Waals surface area contributed by atoms with Crippen molar-refractivity contribution in [1.82, 2.24) is 0 Å². The maximum absolute atomic E-state index is 6.83. The van der Waals surface area contributed by atoms with E-state index in [-0.39, 0.29) is 11.1 Å². The van der Waals surface area contributed by atoms with Crippen LogP contribution in [0, 0.1) is 0 Å². The maximum atomic E-state index is 6.83. The zero-order valence-electron chi connectivity index (χ0n) is 17.6. The van der Waals surface area contributed by atoms with Gasteiger partial charge in [-0.15, -0.1) is 0 Å². The Morgan fingerprint density at radius 2 is 1.54 bits per heavy atom. The lowest BCUT2D eigenvalue weighted by molar-refractivity contribution is -0.133. The van der Waals surface area contributed by atoms with Crippen molar-refractivity contribution in [2.24, 2.45) is 0 Å². The molecule has 150 valence electrons. The molecule has 0 bridgehead atoms. The molecular weight excluding hydrogens is 364 g/mol. The minimum Gasteiger partial charge on any atom is -0.404 e. The molecule has 1 saturated heterocycles. The van der Waals surface area contributed by atoms with Crippen LogP contribution in [0.5, 0.6) is 0 Å². The van der Waals surface area contributed by atoms with Crippen LogP contribution < -0.4 is 10.4 Å². The quantitative estimate of drug-likeness (QED) is 0.539. The van der Waals surface area contributed by atoms with Gasteiger partial charge in [-0.05, 0) is 29.3 Å². The predicted molar refractivity (Wildman–Crippen MR) is 118 cm³/mol. The lowest BCUT2D eigenvalue weighted by Gasteiger charge is -2.42. The Morgan fingerprint density at radius 3 is 1.96 bits per heavy atom. The first-order valence-corrected chi connectivity index (χ1v) is 11.9. The van der Waals surface area contributed by atoms with Crippen LogP contribution >= 0.6 is 0 Å². The molecule has 2 aromatic carbocycles. The monoisotopic (exact) mass is 396 g/mol. The minimum atomic E-state index is -2.48. The highest BCUT2D eigenvalue weighted by atomic mass is 28.4. The van der Waals surface area contributed by atoms with Gasteiger partial charge in [0.15, 0.2) is 5.79 Å². The van der Waals surface area contributed by atoms with Crippen molar-refractivity contribution < 1.29 is 13.9 Å². The molecule has 2 aromatic rings. The van der Waals surface area contributed by atoms with Crippen molar-refractivity contribution in [3.8, 4) is 0 Å². The minimum absolute atomic E-state index is 0.0154. The number of benzene rings is 2. The van der Waals surface area contributed by atoms with E-state index in [4.69, 9.17) is 13.9 Å². The largest absolute Gasteiger partial charge is 0.404 e. The summed E-state index contributed by atoms with van der Waals surface area (Å²) < 4.78 is 18.3. The van der Waals surface area contributed by atoms with Crippen LogP contribution in [0.4, 0.5) is 0 Å². The summed E-state index contributed by atoms with van der Waals surface area (Å²) in [6.07, 6.45) is 4.12. The molecule has 1 fully saturated rings. The molecule has 0 spiro atoms. The fourth-order valence-corrected chi connectivity index (χ4v) is 8.45. The first-order chi connectivity index (χ1) is 13.2. The van der Waals surface area contributed by atoms with Crippen molar-refractivity contribution in [3.05, 3.63) is 72.8 Å². The van der Waals surface area contributed by atoms with E-state index in [2.05, 4.69) is 93.6 Å². The summed E-state index contributed by atoms with van der Waals surface area (Å²) >= 11 is 0. The zero-order chi connectivity index (χ0) is 20.3. The van der Waals surface area contributed by atoms with Crippen LogP contribution in [-0.2, 0) is 13.9 Å². The Hall–Kier alpha value is -1.72. The number of hydrogen-bond acceptors (Lipinski definition) is 3. The summed E-state index contributed by atoms with van der Waals surface area (Å²) in [6, 6.07) is 21.4. The SMILES string of the molecule is CC1(C)OC[C@H](/C=C/CO[Si](c2ccccc2)(c2ccccc2)C(C)(C)C)O1. The summed E-state index contributed by atoms with van der Waals surface area (Å²) in [5.41, 5.74) is 0. The van der Waals surface area contributed by atoms with Crippen LogP contribution in [0.2, 0.25) is 5.04 Å². The average Bonchev–Trinajstić information content (AvgIpc) is 3.01. The number of hydrogen-bond donors (Lipinski definition) is 0. The van der Waals surface area contributed by atoms with E-state index < -0.39 is 14.1 Å². The van der Waals surface area contributed by atoms with Gasteiger partial charge in [-0.1, -0.05) is 93.6 Å². The smallest absolute Gasteiger partial charge is 0.261 e. The highest BCUT2D eigenvalue weighted by molar-refractivity contribution is 6.99. The fourth-order valence-electron chi connectivity index (χ4n) is 3.95. The van der Waals surface area contributed by atoms with Crippen molar-refractivity contribution in [2.45, 2.75) is 51.5 Å². The first-order valence-electron chi connectivity index (χ1n) is 9.98. The lowest BCUT2D eigenvalue weighted by atomic mass is 10.2. The van der Waals surface area contributed by atoms with Crippen LogP contribution in [0.1, 0.15) is 34.6 Å². The van der Waals surface area contributed by atoms with Crippen LogP contribution in [0.25, 0.3) is 0 Å². The molecule has 3 nitrogen and oxygen atoms in total. The van der Waals surface area contributed by atoms with Gasteiger partial charge in [-0.3, -0.25) is 0 Å². The van der Waals surface area contributed by atoms with E-state index in [0.29, 0.717) is 13.2 Å². The third-order valence-corrected chi connectivity index (χ3v) is 10.2. The van der Waals surface area contributed by atoms with Gasteiger partial charge in [0.05, 0.1) is 13.2 Å². The van der Waals surface area contributed by atoms with E-state index >= 15 is 0 Å². The second kappa shape index (κ2) is 8.33. The van der Waals surface area contributed by atoms with Crippen LogP contribution in [-0.4, -0.2) is 33.4 Å². The lowest BCUT2D eigenvalue weighted by Crippen LogP contribution is -2.66. The Morgan fingerprint density at radius 1 is 1.00 bits per heavy atom. The van der Waals surface area contributed by atoms with Crippen molar-refractivity contribution in [1.29, 1.82) is 0 Å². The van der Waals surface area contributed by atoms with Gasteiger partial charge in [-0.25, -0.2) is 0 Å². The average molecular weight is 397 g/mol. The maximum Gasteiger partial charge on any atom is 0.261 e. The van der Waals surface area contributed by atoms with Gasteiger partial charge in [0, 0.05) is 0 Å². The fraction of sp³-hybridized carbons (Fsp3) is 0.417. The second-order valence-electron chi connectivity index (χ2n) is 8.77. The molecule has 0 unspecified atom stereocenters. The van der Waals surface area contributed by atoms with Gasteiger partial charge in [-0.2, -0.15) is 0 Å². The topological polar surface area (TPSA) is 27.7 Å². The Kier molecular flexibility index (Phi) is 6.25. The highest BCUT2D eigenvalue weighted by Crippen LogP contribution is 2.36. The van der Waals surface area contributed by atoms with Gasteiger partial charge < -0.3 is 13.9 Å². The van der Waals surface area contributed by atoms with Gasteiger partial charge in [0.1, 0.15) is 6.10 Å². The Balaban J connectivity index is 1.89. The molecule has 0 amide bonds. The molecule has 28 heavy (non-hydrogen) atoms. The third kappa shape index (κ3) is 4.46. The Bertz CT molecular complexity index is 739. The molecule has 0 N–H and O–H groups in total. The molecule has 0 saturated carbocycles.